The molecule has 0 amide bonds. The molecule has 0 bridgehead atoms. The number of anilines is 1. The smallest absolute Gasteiger partial charge is 0.0751 e. The molecule has 0 unspecified atom stereocenters. The van der Waals surface area contributed by atoms with Gasteiger partial charge in [-0.15, -0.1) is 0 Å². The number of aryl methyl sites for hydroxylation is 3. The molecule has 1 N–H and O–H groups in total. The Morgan fingerprint density at radius 2 is 1.95 bits per heavy atom. The summed E-state index contributed by atoms with van der Waals surface area (Å²) in [7, 11) is 1.98. The van der Waals surface area contributed by atoms with Crippen molar-refractivity contribution in [1.82, 2.24) is 14.8 Å². The molecule has 1 aromatic carbocycles. The molecule has 108 valence electrons. The average Bonchev–Trinajstić information content (AvgIpc) is 2.72. The zero-order chi connectivity index (χ0) is 15.0. The summed E-state index contributed by atoms with van der Waals surface area (Å²) in [6.45, 7) is 7.03. The molecule has 0 radical (unpaired) electrons. The SMILES string of the molecule is Cc1nn(C)c(C)c1CNc1ccc(C)c2ncccc12. The lowest BCUT2D eigenvalue weighted by atomic mass is 10.1. The van der Waals surface area contributed by atoms with Gasteiger partial charge >= 0.3 is 0 Å². The molecule has 0 saturated heterocycles. The molecular formula is C17H20N4. The highest BCUT2D eigenvalue weighted by molar-refractivity contribution is 5.93. The molecule has 21 heavy (non-hydrogen) atoms. The van der Waals surface area contributed by atoms with Crippen LogP contribution in [0.4, 0.5) is 5.69 Å². The molecule has 0 saturated carbocycles. The normalized spacial score (nSPS) is 11.0. The van der Waals surface area contributed by atoms with Crippen molar-refractivity contribution in [3.63, 3.8) is 0 Å². The van der Waals surface area contributed by atoms with Gasteiger partial charge in [0.05, 0.1) is 11.2 Å². The van der Waals surface area contributed by atoms with E-state index in [-0.39, 0.29) is 0 Å². The number of nitrogens with one attached hydrogen (secondary N) is 1. The molecule has 3 aromatic rings. The van der Waals surface area contributed by atoms with Crippen molar-refractivity contribution >= 4 is 16.6 Å². The van der Waals surface area contributed by atoms with Crippen molar-refractivity contribution in [3.8, 4) is 0 Å². The number of rotatable bonds is 3. The second-order valence-electron chi connectivity index (χ2n) is 5.46. The molecule has 0 fully saturated rings. The summed E-state index contributed by atoms with van der Waals surface area (Å²) in [5, 5.41) is 9.16. The van der Waals surface area contributed by atoms with E-state index in [1.165, 1.54) is 16.8 Å². The lowest BCUT2D eigenvalue weighted by molar-refractivity contribution is 0.730. The Balaban J connectivity index is 1.94. The van der Waals surface area contributed by atoms with Crippen LogP contribution >= 0.6 is 0 Å². The Hall–Kier alpha value is -2.36. The highest BCUT2D eigenvalue weighted by Gasteiger charge is 2.10. The van der Waals surface area contributed by atoms with Crippen molar-refractivity contribution in [3.05, 3.63) is 53.0 Å². The minimum atomic E-state index is 0.776. The van der Waals surface area contributed by atoms with Crippen molar-refractivity contribution < 1.29 is 0 Å². The van der Waals surface area contributed by atoms with E-state index in [0.717, 1.165) is 28.8 Å². The maximum atomic E-state index is 4.48. The molecule has 2 heterocycles. The van der Waals surface area contributed by atoms with Gasteiger partial charge < -0.3 is 5.32 Å². The van der Waals surface area contributed by atoms with E-state index < -0.39 is 0 Å². The van der Waals surface area contributed by atoms with Crippen molar-refractivity contribution in [2.24, 2.45) is 7.05 Å². The van der Waals surface area contributed by atoms with E-state index in [1.54, 1.807) is 0 Å². The van der Waals surface area contributed by atoms with Crippen LogP contribution in [0.1, 0.15) is 22.5 Å². The van der Waals surface area contributed by atoms with Crippen molar-refractivity contribution in [2.45, 2.75) is 27.3 Å². The molecule has 0 aliphatic heterocycles. The largest absolute Gasteiger partial charge is 0.380 e. The van der Waals surface area contributed by atoms with E-state index in [9.17, 15) is 0 Å². The van der Waals surface area contributed by atoms with E-state index in [2.05, 4.69) is 54.4 Å². The summed E-state index contributed by atoms with van der Waals surface area (Å²) in [4.78, 5) is 4.48. The van der Waals surface area contributed by atoms with E-state index in [1.807, 2.05) is 24.0 Å². The zero-order valence-corrected chi connectivity index (χ0v) is 12.9. The Morgan fingerprint density at radius 3 is 2.67 bits per heavy atom. The number of fused-ring (bicyclic) bond motifs is 1. The van der Waals surface area contributed by atoms with Crippen LogP contribution in [0.5, 0.6) is 0 Å². The van der Waals surface area contributed by atoms with Crippen molar-refractivity contribution in [2.75, 3.05) is 5.32 Å². The predicted molar refractivity (Wildman–Crippen MR) is 86.5 cm³/mol. The fourth-order valence-corrected chi connectivity index (χ4v) is 2.72. The molecule has 0 atom stereocenters. The first-order valence-corrected chi connectivity index (χ1v) is 7.15. The Bertz CT molecular complexity index is 802. The van der Waals surface area contributed by atoms with Crippen LogP contribution < -0.4 is 5.32 Å². The molecule has 3 rings (SSSR count). The third kappa shape index (κ3) is 2.37. The highest BCUT2D eigenvalue weighted by Crippen LogP contribution is 2.25. The second kappa shape index (κ2) is 5.20. The van der Waals surface area contributed by atoms with Gasteiger partial charge in [0.25, 0.3) is 0 Å². The number of hydrogen-bond acceptors (Lipinski definition) is 3. The van der Waals surface area contributed by atoms with Gasteiger partial charge in [-0.25, -0.2) is 0 Å². The van der Waals surface area contributed by atoms with Crippen LogP contribution in [-0.4, -0.2) is 14.8 Å². The summed E-state index contributed by atoms with van der Waals surface area (Å²) in [5.74, 6) is 0. The average molecular weight is 280 g/mol. The zero-order valence-electron chi connectivity index (χ0n) is 12.9. The van der Waals surface area contributed by atoms with Gasteiger partial charge in [0, 0.05) is 42.1 Å². The minimum absolute atomic E-state index is 0.776. The molecule has 0 spiro atoms. The van der Waals surface area contributed by atoms with Gasteiger partial charge in [-0.05, 0) is 44.5 Å². The first-order chi connectivity index (χ1) is 10.1. The number of hydrogen-bond donors (Lipinski definition) is 1. The van der Waals surface area contributed by atoms with E-state index >= 15 is 0 Å². The molecule has 4 heteroatoms. The summed E-state index contributed by atoms with van der Waals surface area (Å²) in [6.07, 6.45) is 1.84. The van der Waals surface area contributed by atoms with Gasteiger partial charge in [-0.2, -0.15) is 5.10 Å². The molecule has 4 nitrogen and oxygen atoms in total. The van der Waals surface area contributed by atoms with Crippen LogP contribution in [0.25, 0.3) is 10.9 Å². The van der Waals surface area contributed by atoms with Crippen LogP contribution in [0.2, 0.25) is 0 Å². The van der Waals surface area contributed by atoms with Gasteiger partial charge in [0.2, 0.25) is 0 Å². The third-order valence-electron chi connectivity index (χ3n) is 4.09. The quantitative estimate of drug-likeness (QED) is 0.798. The maximum absolute atomic E-state index is 4.48. The fourth-order valence-electron chi connectivity index (χ4n) is 2.72. The second-order valence-corrected chi connectivity index (χ2v) is 5.46. The highest BCUT2D eigenvalue weighted by atomic mass is 15.3. The Kier molecular flexibility index (Phi) is 3.37. The van der Waals surface area contributed by atoms with Crippen LogP contribution in [0.15, 0.2) is 30.5 Å². The van der Waals surface area contributed by atoms with Gasteiger partial charge in [-0.1, -0.05) is 6.07 Å². The number of nitrogens with zero attached hydrogens (tertiary/aromatic N) is 3. The maximum Gasteiger partial charge on any atom is 0.0751 e. The number of benzene rings is 1. The van der Waals surface area contributed by atoms with Gasteiger partial charge in [-0.3, -0.25) is 9.67 Å². The number of pyridine rings is 1. The first-order valence-electron chi connectivity index (χ1n) is 7.15. The minimum Gasteiger partial charge on any atom is -0.380 e. The van der Waals surface area contributed by atoms with Crippen LogP contribution in [0.3, 0.4) is 0 Å². The van der Waals surface area contributed by atoms with Crippen LogP contribution in [-0.2, 0) is 13.6 Å². The summed E-state index contributed by atoms with van der Waals surface area (Å²) < 4.78 is 1.93. The molecule has 2 aromatic heterocycles. The number of aromatic nitrogens is 3. The Morgan fingerprint density at radius 1 is 1.14 bits per heavy atom. The third-order valence-corrected chi connectivity index (χ3v) is 4.09. The molecular weight excluding hydrogens is 260 g/mol. The molecule has 0 aliphatic rings. The lowest BCUT2D eigenvalue weighted by Crippen LogP contribution is -2.03. The van der Waals surface area contributed by atoms with Crippen LogP contribution in [0, 0.1) is 20.8 Å². The van der Waals surface area contributed by atoms with Crippen molar-refractivity contribution in [1.29, 1.82) is 0 Å². The molecule has 0 aliphatic carbocycles. The van der Waals surface area contributed by atoms with Gasteiger partial charge in [0.15, 0.2) is 0 Å². The monoisotopic (exact) mass is 280 g/mol. The summed E-state index contributed by atoms with van der Waals surface area (Å²) in [5.41, 5.74) is 6.92. The van der Waals surface area contributed by atoms with E-state index in [4.69, 9.17) is 0 Å². The Labute approximate surface area is 124 Å². The standard InChI is InChI=1S/C17H20N4/c1-11-7-8-16(14-6-5-9-18-17(11)14)19-10-15-12(2)20-21(4)13(15)3/h5-9,19H,10H2,1-4H3. The fraction of sp³-hybridized carbons (Fsp3) is 0.294. The first kappa shape index (κ1) is 13.6. The topological polar surface area (TPSA) is 42.7 Å². The lowest BCUT2D eigenvalue weighted by Gasteiger charge is -2.11. The van der Waals surface area contributed by atoms with E-state index in [0.29, 0.717) is 0 Å². The summed E-state index contributed by atoms with van der Waals surface area (Å²) >= 11 is 0. The predicted octanol–water partition coefficient (Wildman–Crippen LogP) is 3.51. The summed E-state index contributed by atoms with van der Waals surface area (Å²) in [6, 6.07) is 8.33. The van der Waals surface area contributed by atoms with Gasteiger partial charge in [0.1, 0.15) is 0 Å².